The number of halogens is 1. The number of hydrogen-bond donors (Lipinski definition) is 0. The first kappa shape index (κ1) is 54.2. The molecule has 404 valence electrons. The minimum atomic E-state index is -0.328. The number of benzene rings is 9. The van der Waals surface area contributed by atoms with Crippen molar-refractivity contribution in [1.29, 1.82) is 0 Å². The molecule has 0 amide bonds. The average Bonchev–Trinajstić information content (AvgIpc) is 4.12. The van der Waals surface area contributed by atoms with Gasteiger partial charge in [0.1, 0.15) is 11.3 Å². The van der Waals surface area contributed by atoms with Crippen molar-refractivity contribution in [2.45, 2.75) is 124 Å². The van der Waals surface area contributed by atoms with Crippen LogP contribution in [0.15, 0.2) is 211 Å². The third-order valence-electron chi connectivity index (χ3n) is 16.4. The molecule has 0 aliphatic heterocycles. The van der Waals surface area contributed by atoms with Crippen LogP contribution < -0.4 is 14.7 Å². The van der Waals surface area contributed by atoms with Gasteiger partial charge in [-0.3, -0.25) is 0 Å². The summed E-state index contributed by atoms with van der Waals surface area (Å²) in [4.78, 5) is 7.11. The van der Waals surface area contributed by atoms with Gasteiger partial charge in [-0.2, -0.15) is 0 Å². The summed E-state index contributed by atoms with van der Waals surface area (Å²) >= 11 is 8.32. The molecule has 11 rings (SSSR count). The van der Waals surface area contributed by atoms with Gasteiger partial charge in [-0.25, -0.2) is 0 Å². The van der Waals surface area contributed by atoms with E-state index in [4.69, 9.17) is 16.0 Å². The normalized spacial score (nSPS) is 13.3. The third-order valence-corrected chi connectivity index (χ3v) is 16.8. The van der Waals surface area contributed by atoms with Crippen LogP contribution in [-0.2, 0) is 27.1 Å². The van der Waals surface area contributed by atoms with Crippen molar-refractivity contribution in [2.24, 2.45) is 0 Å². The second-order valence-corrected chi connectivity index (χ2v) is 27.0. The lowest BCUT2D eigenvalue weighted by Crippen LogP contribution is -2.19. The summed E-state index contributed by atoms with van der Waals surface area (Å²) in [5.74, 6) is 0.875. The Balaban J connectivity index is 1.16. The van der Waals surface area contributed by atoms with E-state index < -0.39 is 0 Å². The standard InChI is InChI=1S/C75H76ClN3O/c1-71(2,3)51-25-33-56(34-26-51)78(57-35-27-52(28-36-57)72(4,5)6)66-47-61(48-67(70(66)76)79(58-37-29-53(30-38-58)73(7,8)9)59-39-31-54(32-40-59)74(10,11)12)77(55-21-16-15-17-22-55)60-41-43-63-62-42-24-50(44-64(62)75(13,14)65(63)46-60)69-45-49-20-18-19-23-68(49)80-69/h15-48H,1-14H3. The Morgan fingerprint density at radius 2 is 0.725 bits per heavy atom. The summed E-state index contributed by atoms with van der Waals surface area (Å²) in [6, 6.07) is 75.8. The van der Waals surface area contributed by atoms with E-state index in [9.17, 15) is 0 Å². The maximum atomic E-state index is 8.32. The quantitative estimate of drug-likeness (QED) is 0.136. The summed E-state index contributed by atoms with van der Waals surface area (Å²) in [5.41, 5.74) is 20.3. The highest BCUT2D eigenvalue weighted by atomic mass is 35.5. The molecule has 4 nitrogen and oxygen atoms in total. The fraction of sp³-hybridized carbons (Fsp3) is 0.253. The topological polar surface area (TPSA) is 22.9 Å². The van der Waals surface area contributed by atoms with Crippen molar-refractivity contribution in [3.8, 4) is 22.5 Å². The van der Waals surface area contributed by atoms with Gasteiger partial charge < -0.3 is 19.1 Å². The van der Waals surface area contributed by atoms with E-state index in [2.05, 4.69) is 306 Å². The lowest BCUT2D eigenvalue weighted by molar-refractivity contribution is 0.590. The molecule has 0 N–H and O–H groups in total. The van der Waals surface area contributed by atoms with E-state index >= 15 is 0 Å². The molecule has 1 aromatic heterocycles. The van der Waals surface area contributed by atoms with Crippen LogP contribution in [0.5, 0.6) is 0 Å². The molecule has 1 aliphatic rings. The fourth-order valence-corrected chi connectivity index (χ4v) is 11.8. The van der Waals surface area contributed by atoms with Crippen LogP contribution in [0, 0.1) is 0 Å². The lowest BCUT2D eigenvalue weighted by atomic mass is 9.81. The van der Waals surface area contributed by atoms with Gasteiger partial charge in [0, 0.05) is 50.5 Å². The van der Waals surface area contributed by atoms with Crippen molar-refractivity contribution in [3.05, 3.63) is 245 Å². The molecule has 10 aromatic rings. The molecule has 0 atom stereocenters. The molecule has 0 radical (unpaired) electrons. The summed E-state index contributed by atoms with van der Waals surface area (Å²) in [6.07, 6.45) is 0. The van der Waals surface area contributed by atoms with Gasteiger partial charge in [0.2, 0.25) is 0 Å². The van der Waals surface area contributed by atoms with Gasteiger partial charge in [0.15, 0.2) is 0 Å². The van der Waals surface area contributed by atoms with Crippen LogP contribution in [0.2, 0.25) is 5.02 Å². The highest BCUT2D eigenvalue weighted by Crippen LogP contribution is 2.55. The van der Waals surface area contributed by atoms with E-state index in [0.717, 1.165) is 73.5 Å². The van der Waals surface area contributed by atoms with Gasteiger partial charge in [-0.15, -0.1) is 0 Å². The van der Waals surface area contributed by atoms with Crippen molar-refractivity contribution < 1.29 is 4.42 Å². The maximum Gasteiger partial charge on any atom is 0.135 e. The van der Waals surface area contributed by atoms with Crippen LogP contribution in [0.3, 0.4) is 0 Å². The van der Waals surface area contributed by atoms with Crippen LogP contribution >= 0.6 is 11.6 Å². The van der Waals surface area contributed by atoms with Crippen molar-refractivity contribution >= 4 is 73.8 Å². The van der Waals surface area contributed by atoms with Crippen LogP contribution in [-0.4, -0.2) is 0 Å². The minimum absolute atomic E-state index is 0.0349. The molecule has 0 saturated heterocycles. The highest BCUT2D eigenvalue weighted by molar-refractivity contribution is 6.37. The summed E-state index contributed by atoms with van der Waals surface area (Å²) in [5, 5.41) is 1.72. The second kappa shape index (κ2) is 20.1. The fourth-order valence-electron chi connectivity index (χ4n) is 11.5. The molecule has 0 fully saturated rings. The summed E-state index contributed by atoms with van der Waals surface area (Å²) in [7, 11) is 0. The summed E-state index contributed by atoms with van der Waals surface area (Å²) < 4.78 is 6.43. The minimum Gasteiger partial charge on any atom is -0.456 e. The van der Waals surface area contributed by atoms with Gasteiger partial charge in [0.25, 0.3) is 0 Å². The van der Waals surface area contributed by atoms with Crippen molar-refractivity contribution in [2.75, 3.05) is 14.7 Å². The van der Waals surface area contributed by atoms with E-state index in [1.807, 2.05) is 12.1 Å². The summed E-state index contributed by atoms with van der Waals surface area (Å²) in [6.45, 7) is 31.9. The Bertz CT molecular complexity index is 3590. The number of para-hydroxylation sites is 2. The van der Waals surface area contributed by atoms with Gasteiger partial charge in [0.05, 0.1) is 22.1 Å². The first-order valence-electron chi connectivity index (χ1n) is 28.3. The number of nitrogens with zero attached hydrogens (tertiary/aromatic N) is 3. The molecular formula is C75H76ClN3O. The van der Waals surface area contributed by atoms with Gasteiger partial charge >= 0.3 is 0 Å². The second-order valence-electron chi connectivity index (χ2n) is 26.6. The van der Waals surface area contributed by atoms with Crippen molar-refractivity contribution in [1.82, 2.24) is 0 Å². The number of rotatable bonds is 10. The SMILES string of the molecule is CC(C)(C)c1ccc(N(c2ccc(C(C)(C)C)cc2)c2cc(N(c3ccccc3)c3ccc4c(c3)C(C)(C)c3cc(-c5cc6ccccc6o5)ccc3-4)cc(N(c3ccc(C(C)(C)C)cc3)c3ccc(C(C)(C)C)cc3)c2Cl)cc1. The molecule has 9 aromatic carbocycles. The first-order valence-corrected chi connectivity index (χ1v) is 28.7. The molecule has 0 bridgehead atoms. The molecule has 5 heteroatoms. The zero-order valence-corrected chi connectivity index (χ0v) is 50.0. The van der Waals surface area contributed by atoms with E-state index in [-0.39, 0.29) is 27.1 Å². The Kier molecular flexibility index (Phi) is 13.6. The Hall–Kier alpha value is -7.79. The van der Waals surface area contributed by atoms with Crippen molar-refractivity contribution in [3.63, 3.8) is 0 Å². The largest absolute Gasteiger partial charge is 0.456 e. The predicted octanol–water partition coefficient (Wildman–Crippen LogP) is 22.7. The van der Waals surface area contributed by atoms with Gasteiger partial charge in [-0.05, 0) is 169 Å². The molecule has 80 heavy (non-hydrogen) atoms. The highest BCUT2D eigenvalue weighted by Gasteiger charge is 2.37. The monoisotopic (exact) mass is 1070 g/mol. The number of fused-ring (bicyclic) bond motifs is 4. The number of furan rings is 1. The maximum absolute atomic E-state index is 8.32. The first-order chi connectivity index (χ1) is 37.8. The van der Waals surface area contributed by atoms with E-state index in [1.165, 1.54) is 44.5 Å². The third kappa shape index (κ3) is 10.2. The van der Waals surface area contributed by atoms with Crippen LogP contribution in [0.25, 0.3) is 33.4 Å². The Morgan fingerprint density at radius 3 is 1.15 bits per heavy atom. The van der Waals surface area contributed by atoms with Crippen LogP contribution in [0.4, 0.5) is 51.2 Å². The molecule has 0 unspecified atom stereocenters. The van der Waals surface area contributed by atoms with Crippen LogP contribution in [0.1, 0.15) is 130 Å². The van der Waals surface area contributed by atoms with E-state index in [1.54, 1.807) is 0 Å². The number of anilines is 9. The number of hydrogen-bond acceptors (Lipinski definition) is 4. The average molecular weight is 1070 g/mol. The Labute approximate surface area is 481 Å². The zero-order chi connectivity index (χ0) is 56.7. The van der Waals surface area contributed by atoms with Gasteiger partial charge in [-0.1, -0.05) is 212 Å². The van der Waals surface area contributed by atoms with E-state index in [0.29, 0.717) is 5.02 Å². The zero-order valence-electron chi connectivity index (χ0n) is 49.3. The smallest absolute Gasteiger partial charge is 0.135 e. The molecular weight excluding hydrogens is 994 g/mol. The predicted molar refractivity (Wildman–Crippen MR) is 343 cm³/mol. The molecule has 0 saturated carbocycles. The molecule has 1 heterocycles. The molecule has 1 aliphatic carbocycles. The molecule has 0 spiro atoms. The lowest BCUT2D eigenvalue weighted by Gasteiger charge is -2.35. The Morgan fingerprint density at radius 1 is 0.350 bits per heavy atom.